The fraction of sp³-hybridized carbons (Fsp3) is 0.440. The van der Waals surface area contributed by atoms with Crippen molar-refractivity contribution in [1.29, 1.82) is 0 Å². The van der Waals surface area contributed by atoms with Gasteiger partial charge in [0, 0.05) is 22.8 Å². The van der Waals surface area contributed by atoms with Crippen molar-refractivity contribution in [3.63, 3.8) is 0 Å². The molecule has 2 heterocycles. The summed E-state index contributed by atoms with van der Waals surface area (Å²) in [6.45, 7) is 5.13. The molecule has 2 aromatic carbocycles. The third-order valence-electron chi connectivity index (χ3n) is 6.66. The molecule has 5 rings (SSSR count). The second-order valence-electron chi connectivity index (χ2n) is 9.45. The van der Waals surface area contributed by atoms with Crippen molar-refractivity contribution in [3.8, 4) is 0 Å². The van der Waals surface area contributed by atoms with E-state index in [1.54, 1.807) is 28.8 Å². The first-order valence-electron chi connectivity index (χ1n) is 11.0. The Balaban J connectivity index is 1.58. The molecule has 1 aliphatic carbocycles. The largest absolute Gasteiger partial charge is 0.314 e. The van der Waals surface area contributed by atoms with Crippen molar-refractivity contribution in [2.24, 2.45) is 5.92 Å². The molecule has 0 N–H and O–H groups in total. The van der Waals surface area contributed by atoms with Crippen LogP contribution in [0.2, 0.25) is 0 Å². The van der Waals surface area contributed by atoms with Gasteiger partial charge in [0.15, 0.2) is 4.87 Å². The Kier molecular flexibility index (Phi) is 4.88. The zero-order chi connectivity index (χ0) is 21.8. The van der Waals surface area contributed by atoms with E-state index < -0.39 is 4.87 Å². The number of amides is 2. The minimum absolute atomic E-state index is 0.0116. The van der Waals surface area contributed by atoms with Crippen LogP contribution in [0, 0.1) is 11.7 Å². The molecule has 1 saturated carbocycles. The average Bonchev–Trinajstić information content (AvgIpc) is 3.43. The summed E-state index contributed by atoms with van der Waals surface area (Å²) in [5.74, 6) is -0.241. The molecule has 4 nitrogen and oxygen atoms in total. The normalized spacial score (nSPS) is 24.9. The van der Waals surface area contributed by atoms with Crippen molar-refractivity contribution in [3.05, 3.63) is 65.5 Å². The Hall–Kier alpha value is -2.34. The first kappa shape index (κ1) is 20.6. The summed E-state index contributed by atoms with van der Waals surface area (Å²) < 4.78 is 13.2. The second-order valence-corrected chi connectivity index (χ2v) is 11.3. The molecule has 6 heteroatoms. The van der Waals surface area contributed by atoms with Crippen molar-refractivity contribution in [2.45, 2.75) is 55.7 Å². The Morgan fingerprint density at radius 1 is 1.10 bits per heavy atom. The van der Waals surface area contributed by atoms with Gasteiger partial charge in [-0.05, 0) is 50.5 Å². The summed E-state index contributed by atoms with van der Waals surface area (Å²) in [4.78, 5) is 30.4. The van der Waals surface area contributed by atoms with E-state index in [2.05, 4.69) is 13.8 Å². The van der Waals surface area contributed by atoms with E-state index in [0.717, 1.165) is 42.5 Å². The number of anilines is 1. The number of hydrogen-bond donors (Lipinski definition) is 0. The SMILES string of the molecule is CC1(C)CN(C(=O)C2CCCC2)[C@@]2(S1)C(=O)N(Cc1ccc(F)cc1)c1ccccc12. The molecule has 1 spiro atoms. The summed E-state index contributed by atoms with van der Waals surface area (Å²) in [5, 5.41) is 0. The van der Waals surface area contributed by atoms with E-state index in [-0.39, 0.29) is 28.3 Å². The van der Waals surface area contributed by atoms with Gasteiger partial charge in [-0.3, -0.25) is 9.59 Å². The van der Waals surface area contributed by atoms with Gasteiger partial charge in [0.25, 0.3) is 5.91 Å². The minimum Gasteiger partial charge on any atom is -0.314 e. The number of thioether (sulfide) groups is 1. The summed E-state index contributed by atoms with van der Waals surface area (Å²) in [7, 11) is 0. The van der Waals surface area contributed by atoms with Crippen LogP contribution in [0.15, 0.2) is 48.5 Å². The monoisotopic (exact) mass is 438 g/mol. The maximum absolute atomic E-state index is 14.1. The van der Waals surface area contributed by atoms with Crippen molar-refractivity contribution >= 4 is 29.3 Å². The second kappa shape index (κ2) is 7.37. The van der Waals surface area contributed by atoms with Gasteiger partial charge in [-0.2, -0.15) is 0 Å². The van der Waals surface area contributed by atoms with Crippen molar-refractivity contribution < 1.29 is 14.0 Å². The predicted molar refractivity (Wildman–Crippen MR) is 121 cm³/mol. The van der Waals surface area contributed by atoms with Crippen molar-refractivity contribution in [2.75, 3.05) is 11.4 Å². The molecule has 162 valence electrons. The van der Waals surface area contributed by atoms with Gasteiger partial charge < -0.3 is 9.80 Å². The van der Waals surface area contributed by atoms with Crippen LogP contribution >= 0.6 is 11.8 Å². The van der Waals surface area contributed by atoms with Crippen LogP contribution in [0.1, 0.15) is 50.7 Å². The van der Waals surface area contributed by atoms with Crippen LogP contribution in [-0.2, 0) is 21.0 Å². The van der Waals surface area contributed by atoms with Gasteiger partial charge in [0.2, 0.25) is 5.91 Å². The zero-order valence-electron chi connectivity index (χ0n) is 17.9. The van der Waals surface area contributed by atoms with E-state index in [4.69, 9.17) is 0 Å². The first-order valence-corrected chi connectivity index (χ1v) is 11.8. The van der Waals surface area contributed by atoms with Crippen LogP contribution in [0.3, 0.4) is 0 Å². The van der Waals surface area contributed by atoms with Gasteiger partial charge >= 0.3 is 0 Å². The lowest BCUT2D eigenvalue weighted by molar-refractivity contribution is -0.143. The first-order chi connectivity index (χ1) is 14.8. The van der Waals surface area contributed by atoms with Gasteiger partial charge in [-0.15, -0.1) is 11.8 Å². The summed E-state index contributed by atoms with van der Waals surface area (Å²) in [6.07, 6.45) is 3.97. The highest BCUT2D eigenvalue weighted by molar-refractivity contribution is 8.02. The lowest BCUT2D eigenvalue weighted by Gasteiger charge is -2.34. The quantitative estimate of drug-likeness (QED) is 0.672. The lowest BCUT2D eigenvalue weighted by Crippen LogP contribution is -2.51. The molecular formula is C25H27FN2O2S. The predicted octanol–water partition coefficient (Wildman–Crippen LogP) is 5.07. The maximum Gasteiger partial charge on any atom is 0.268 e. The molecule has 1 saturated heterocycles. The molecule has 0 bridgehead atoms. The molecule has 1 atom stereocenters. The van der Waals surface area contributed by atoms with Crippen LogP contribution in [0.4, 0.5) is 10.1 Å². The minimum atomic E-state index is -1.03. The molecule has 0 radical (unpaired) electrons. The summed E-state index contributed by atoms with van der Waals surface area (Å²) in [6, 6.07) is 14.1. The van der Waals surface area contributed by atoms with Gasteiger partial charge in [-0.1, -0.05) is 43.2 Å². The van der Waals surface area contributed by atoms with Crippen LogP contribution in [0.5, 0.6) is 0 Å². The number of fused-ring (bicyclic) bond motifs is 2. The molecule has 31 heavy (non-hydrogen) atoms. The van der Waals surface area contributed by atoms with E-state index >= 15 is 0 Å². The van der Waals surface area contributed by atoms with Crippen molar-refractivity contribution in [1.82, 2.24) is 4.90 Å². The number of carbonyl (C=O) groups excluding carboxylic acids is 2. The summed E-state index contributed by atoms with van der Waals surface area (Å²) >= 11 is 1.59. The highest BCUT2D eigenvalue weighted by Crippen LogP contribution is 2.60. The topological polar surface area (TPSA) is 40.6 Å². The fourth-order valence-electron chi connectivity index (χ4n) is 5.30. The standard InChI is InChI=1S/C25H27FN2O2S/c1-24(2)16-28(22(29)18-7-3-4-8-18)25(31-24)20-9-5-6-10-21(20)27(23(25)30)15-17-11-13-19(26)14-12-17/h5-6,9-14,18H,3-4,7-8,15-16H2,1-2H3/t25-/m0/s1. The number of benzene rings is 2. The molecule has 2 aromatic rings. The van der Waals surface area contributed by atoms with E-state index in [1.807, 2.05) is 29.2 Å². The molecule has 2 fully saturated rings. The van der Waals surface area contributed by atoms with Gasteiger partial charge in [0.1, 0.15) is 5.82 Å². The maximum atomic E-state index is 14.1. The van der Waals surface area contributed by atoms with Crippen LogP contribution < -0.4 is 4.90 Å². The summed E-state index contributed by atoms with van der Waals surface area (Å²) in [5.41, 5.74) is 2.59. The number of halogens is 1. The smallest absolute Gasteiger partial charge is 0.268 e. The molecule has 0 unspecified atom stereocenters. The molecular weight excluding hydrogens is 411 g/mol. The Morgan fingerprint density at radius 3 is 2.48 bits per heavy atom. The molecule has 3 aliphatic rings. The number of rotatable bonds is 3. The highest BCUT2D eigenvalue weighted by Gasteiger charge is 2.64. The Labute approximate surface area is 186 Å². The van der Waals surface area contributed by atoms with E-state index in [1.165, 1.54) is 12.1 Å². The molecule has 0 aromatic heterocycles. The third kappa shape index (κ3) is 3.27. The number of carbonyl (C=O) groups is 2. The van der Waals surface area contributed by atoms with Gasteiger partial charge in [0.05, 0.1) is 12.2 Å². The Bertz CT molecular complexity index is 1030. The average molecular weight is 439 g/mol. The Morgan fingerprint density at radius 2 is 1.77 bits per heavy atom. The number of nitrogens with zero attached hydrogens (tertiary/aromatic N) is 2. The van der Waals surface area contributed by atoms with Gasteiger partial charge in [-0.25, -0.2) is 4.39 Å². The zero-order valence-corrected chi connectivity index (χ0v) is 18.8. The number of para-hydroxylation sites is 1. The number of hydrogen-bond acceptors (Lipinski definition) is 3. The fourth-order valence-corrected chi connectivity index (χ4v) is 7.04. The van der Waals surface area contributed by atoms with E-state index in [0.29, 0.717) is 13.1 Å². The van der Waals surface area contributed by atoms with Crippen LogP contribution in [-0.4, -0.2) is 28.0 Å². The third-order valence-corrected chi connectivity index (χ3v) is 8.25. The van der Waals surface area contributed by atoms with E-state index in [9.17, 15) is 14.0 Å². The van der Waals surface area contributed by atoms with Crippen LogP contribution in [0.25, 0.3) is 0 Å². The lowest BCUT2D eigenvalue weighted by atomic mass is 10.00. The molecule has 2 amide bonds. The molecule has 2 aliphatic heterocycles. The highest BCUT2D eigenvalue weighted by atomic mass is 32.2.